The van der Waals surface area contributed by atoms with Gasteiger partial charge in [0.25, 0.3) is 0 Å². The van der Waals surface area contributed by atoms with Gasteiger partial charge in [0, 0.05) is 30.5 Å². The van der Waals surface area contributed by atoms with Crippen LogP contribution in [-0.4, -0.2) is 34.7 Å². The normalized spacial score (nSPS) is 13.9. The molecule has 0 atom stereocenters. The van der Waals surface area contributed by atoms with Gasteiger partial charge in [0.1, 0.15) is 11.6 Å². The lowest BCUT2D eigenvalue weighted by molar-refractivity contribution is -0.113. The first-order chi connectivity index (χ1) is 11.6. The third kappa shape index (κ3) is 4.29. The molecule has 8 heteroatoms. The van der Waals surface area contributed by atoms with Crippen molar-refractivity contribution in [3.63, 3.8) is 0 Å². The molecule has 0 aliphatic carbocycles. The summed E-state index contributed by atoms with van der Waals surface area (Å²) in [6.07, 6.45) is 2.48. The minimum absolute atomic E-state index is 0.126. The van der Waals surface area contributed by atoms with Crippen molar-refractivity contribution in [2.24, 2.45) is 0 Å². The number of nitrogens with one attached hydrogen (secondary N) is 1. The number of amides is 1. The highest BCUT2D eigenvalue weighted by Gasteiger charge is 2.12. The molecule has 0 spiro atoms. The molecule has 1 aromatic carbocycles. The number of rotatable bonds is 5. The van der Waals surface area contributed by atoms with Crippen molar-refractivity contribution >= 4 is 40.7 Å². The Kier molecular flexibility index (Phi) is 5.05. The average molecular weight is 344 g/mol. The summed E-state index contributed by atoms with van der Waals surface area (Å²) in [6, 6.07) is 9.40. The van der Waals surface area contributed by atoms with Gasteiger partial charge in [-0.15, -0.1) is 0 Å². The molecule has 0 unspecified atom stereocenters. The van der Waals surface area contributed by atoms with E-state index in [1.54, 1.807) is 0 Å². The molecule has 7 nitrogen and oxygen atoms in total. The minimum Gasteiger partial charge on any atom is -0.383 e. The Hall–Kier alpha value is -2.48. The molecule has 1 aromatic heterocycles. The number of carbonyl (C=O) groups excluding carboxylic acids is 1. The number of nitrogens with zero attached hydrogens (tertiary/aromatic N) is 3. The van der Waals surface area contributed by atoms with Crippen molar-refractivity contribution in [3.05, 3.63) is 30.3 Å². The summed E-state index contributed by atoms with van der Waals surface area (Å²) < 4.78 is 0. The van der Waals surface area contributed by atoms with E-state index in [1.807, 2.05) is 24.3 Å². The summed E-state index contributed by atoms with van der Waals surface area (Å²) in [7, 11) is 0. The molecule has 5 N–H and O–H groups in total. The van der Waals surface area contributed by atoms with Crippen LogP contribution >= 0.6 is 11.8 Å². The van der Waals surface area contributed by atoms with Gasteiger partial charge in [-0.2, -0.15) is 0 Å². The van der Waals surface area contributed by atoms with Gasteiger partial charge >= 0.3 is 0 Å². The number of aromatic nitrogens is 2. The van der Waals surface area contributed by atoms with Gasteiger partial charge < -0.3 is 21.7 Å². The first kappa shape index (κ1) is 16.4. The fraction of sp³-hybridized carbons (Fsp3) is 0.312. The highest BCUT2D eigenvalue weighted by Crippen LogP contribution is 2.22. The zero-order valence-electron chi connectivity index (χ0n) is 13.2. The van der Waals surface area contributed by atoms with Crippen molar-refractivity contribution in [1.29, 1.82) is 0 Å². The molecule has 24 heavy (non-hydrogen) atoms. The van der Waals surface area contributed by atoms with Gasteiger partial charge in [0.2, 0.25) is 5.91 Å². The minimum atomic E-state index is -0.126. The van der Waals surface area contributed by atoms with E-state index in [0.717, 1.165) is 18.8 Å². The predicted molar refractivity (Wildman–Crippen MR) is 98.1 cm³/mol. The zero-order valence-corrected chi connectivity index (χ0v) is 14.1. The summed E-state index contributed by atoms with van der Waals surface area (Å²) >= 11 is 1.20. The van der Waals surface area contributed by atoms with Crippen LogP contribution in [-0.2, 0) is 4.79 Å². The van der Waals surface area contributed by atoms with Crippen LogP contribution in [0.15, 0.2) is 35.5 Å². The smallest absolute Gasteiger partial charge is 0.234 e. The number of nitrogen functional groups attached to an aromatic ring is 2. The van der Waals surface area contributed by atoms with E-state index >= 15 is 0 Å². The van der Waals surface area contributed by atoms with E-state index in [4.69, 9.17) is 11.5 Å². The Morgan fingerprint density at radius 3 is 2.38 bits per heavy atom. The number of anilines is 4. The molecular weight excluding hydrogens is 324 g/mol. The second-order valence-corrected chi connectivity index (χ2v) is 6.52. The predicted octanol–water partition coefficient (Wildman–Crippen LogP) is 1.97. The summed E-state index contributed by atoms with van der Waals surface area (Å²) in [5, 5.41) is 3.26. The number of thioether (sulfide) groups is 1. The third-order valence-electron chi connectivity index (χ3n) is 3.70. The van der Waals surface area contributed by atoms with Crippen molar-refractivity contribution in [1.82, 2.24) is 9.97 Å². The Labute approximate surface area is 144 Å². The number of carbonyl (C=O) groups is 1. The monoisotopic (exact) mass is 344 g/mol. The fourth-order valence-corrected chi connectivity index (χ4v) is 3.26. The van der Waals surface area contributed by atoms with Gasteiger partial charge in [-0.05, 0) is 37.1 Å². The van der Waals surface area contributed by atoms with Gasteiger partial charge in [-0.3, -0.25) is 4.79 Å². The van der Waals surface area contributed by atoms with E-state index in [9.17, 15) is 4.79 Å². The third-order valence-corrected chi connectivity index (χ3v) is 4.55. The molecule has 1 amide bonds. The van der Waals surface area contributed by atoms with Crippen molar-refractivity contribution < 1.29 is 4.79 Å². The largest absolute Gasteiger partial charge is 0.383 e. The van der Waals surface area contributed by atoms with Crippen LogP contribution in [0.4, 0.5) is 23.0 Å². The first-order valence-corrected chi connectivity index (χ1v) is 8.76. The second kappa shape index (κ2) is 7.39. The van der Waals surface area contributed by atoms with Crippen LogP contribution < -0.4 is 21.7 Å². The fourth-order valence-electron chi connectivity index (χ4n) is 2.58. The lowest BCUT2D eigenvalue weighted by Gasteiger charge is -2.17. The topological polar surface area (TPSA) is 110 Å². The number of hydrogen-bond donors (Lipinski definition) is 3. The molecule has 1 saturated heterocycles. The van der Waals surface area contributed by atoms with E-state index in [2.05, 4.69) is 20.2 Å². The van der Waals surface area contributed by atoms with Crippen LogP contribution in [0.5, 0.6) is 0 Å². The molecule has 2 heterocycles. The Bertz CT molecular complexity index is 695. The van der Waals surface area contributed by atoms with Gasteiger partial charge in [-0.25, -0.2) is 9.97 Å². The van der Waals surface area contributed by atoms with E-state index in [1.165, 1.54) is 36.4 Å². The molecule has 0 saturated carbocycles. The van der Waals surface area contributed by atoms with Crippen LogP contribution in [0.2, 0.25) is 0 Å². The van der Waals surface area contributed by atoms with Crippen molar-refractivity contribution in [2.45, 2.75) is 18.0 Å². The zero-order chi connectivity index (χ0) is 16.9. The molecule has 1 aliphatic rings. The molecule has 126 valence electrons. The highest BCUT2D eigenvalue weighted by molar-refractivity contribution is 7.99. The number of hydrogen-bond acceptors (Lipinski definition) is 7. The van der Waals surface area contributed by atoms with E-state index in [0.29, 0.717) is 16.8 Å². The molecule has 3 rings (SSSR count). The summed E-state index contributed by atoms with van der Waals surface area (Å²) in [6.45, 7) is 2.21. The lowest BCUT2D eigenvalue weighted by Crippen LogP contribution is -2.18. The van der Waals surface area contributed by atoms with Crippen LogP contribution in [0.1, 0.15) is 12.8 Å². The van der Waals surface area contributed by atoms with Crippen LogP contribution in [0, 0.1) is 0 Å². The highest BCUT2D eigenvalue weighted by atomic mass is 32.2. The molecule has 2 aromatic rings. The summed E-state index contributed by atoms with van der Waals surface area (Å²) in [5.41, 5.74) is 13.2. The Balaban J connectivity index is 1.52. The lowest BCUT2D eigenvalue weighted by atomic mass is 10.2. The summed E-state index contributed by atoms with van der Waals surface area (Å²) in [5.74, 6) is 0.654. The Morgan fingerprint density at radius 1 is 1.12 bits per heavy atom. The van der Waals surface area contributed by atoms with E-state index in [-0.39, 0.29) is 11.7 Å². The van der Waals surface area contributed by atoms with Crippen molar-refractivity contribution in [2.75, 3.05) is 40.5 Å². The maximum atomic E-state index is 12.0. The standard InChI is InChI=1S/C16H20N6OS/c17-13-9-14(18)21-16(20-13)24-10-15(23)19-11-3-5-12(6-4-11)22-7-1-2-8-22/h3-6,9H,1-2,7-8,10H2,(H,19,23)(H4,17,18,20,21). The van der Waals surface area contributed by atoms with Crippen molar-refractivity contribution in [3.8, 4) is 0 Å². The average Bonchev–Trinajstić information content (AvgIpc) is 3.07. The first-order valence-electron chi connectivity index (χ1n) is 7.78. The van der Waals surface area contributed by atoms with Gasteiger partial charge in [-0.1, -0.05) is 11.8 Å². The maximum Gasteiger partial charge on any atom is 0.234 e. The second-order valence-electron chi connectivity index (χ2n) is 5.58. The quantitative estimate of drug-likeness (QED) is 0.562. The molecule has 1 fully saturated rings. The van der Waals surface area contributed by atoms with Gasteiger partial charge in [0.05, 0.1) is 5.75 Å². The van der Waals surface area contributed by atoms with Crippen LogP contribution in [0.25, 0.3) is 0 Å². The number of benzene rings is 1. The summed E-state index contributed by atoms with van der Waals surface area (Å²) in [4.78, 5) is 22.5. The Morgan fingerprint density at radius 2 is 1.75 bits per heavy atom. The van der Waals surface area contributed by atoms with Crippen LogP contribution in [0.3, 0.4) is 0 Å². The molecular formula is C16H20N6OS. The van der Waals surface area contributed by atoms with Gasteiger partial charge in [0.15, 0.2) is 5.16 Å². The molecule has 0 radical (unpaired) electrons. The SMILES string of the molecule is Nc1cc(N)nc(SCC(=O)Nc2ccc(N3CCCC3)cc2)n1. The molecule has 1 aliphatic heterocycles. The molecule has 0 bridgehead atoms. The maximum absolute atomic E-state index is 12.0. The number of nitrogens with two attached hydrogens (primary N) is 2. The van der Waals surface area contributed by atoms with E-state index < -0.39 is 0 Å².